The maximum absolute atomic E-state index is 11.4. The minimum atomic E-state index is -0.680. The number of halogens is 1. The number of rotatable bonds is 0. The monoisotopic (exact) mass is 338 g/mol. The molecule has 0 radical (unpaired) electrons. The summed E-state index contributed by atoms with van der Waals surface area (Å²) in [6, 6.07) is 6.29. The molecule has 0 aromatic heterocycles. The van der Waals surface area contributed by atoms with Crippen molar-refractivity contribution in [1.29, 1.82) is 0 Å². The molecule has 1 saturated heterocycles. The second-order valence-corrected chi connectivity index (χ2v) is 7.07. The molecule has 1 aliphatic heterocycles. The molecule has 0 amide bonds. The van der Waals surface area contributed by atoms with Gasteiger partial charge in [-0.15, -0.1) is 0 Å². The number of benzene rings is 1. The molecular formula is C17H23BrO2. The van der Waals surface area contributed by atoms with Crippen LogP contribution in [0.4, 0.5) is 0 Å². The summed E-state index contributed by atoms with van der Waals surface area (Å²) in [5.74, 6) is 0.0162. The molecule has 1 aliphatic rings. The van der Waals surface area contributed by atoms with E-state index in [1.807, 2.05) is 13.8 Å². The van der Waals surface area contributed by atoms with E-state index in [1.165, 1.54) is 11.1 Å². The summed E-state index contributed by atoms with van der Waals surface area (Å²) in [4.78, 5) is 11.4. The molecule has 1 fully saturated rings. The van der Waals surface area contributed by atoms with Gasteiger partial charge in [0, 0.05) is 10.0 Å². The maximum Gasteiger partial charge on any atom is 0.192 e. The van der Waals surface area contributed by atoms with E-state index < -0.39 is 11.2 Å². The molecule has 3 heteroatoms. The topological polar surface area (TPSA) is 26.3 Å². The number of hydrogen-bond acceptors (Lipinski definition) is 2. The highest BCUT2D eigenvalue weighted by atomic mass is 79.9. The van der Waals surface area contributed by atoms with Gasteiger partial charge in [0.1, 0.15) is 5.60 Å². The molecule has 2 nitrogen and oxygen atoms in total. The van der Waals surface area contributed by atoms with Crippen LogP contribution in [0.2, 0.25) is 0 Å². The summed E-state index contributed by atoms with van der Waals surface area (Å²) in [7, 11) is 0. The van der Waals surface area contributed by atoms with Crippen LogP contribution < -0.4 is 0 Å². The third kappa shape index (κ3) is 3.80. The normalized spacial score (nSPS) is 19.6. The summed E-state index contributed by atoms with van der Waals surface area (Å²) in [6.07, 6.45) is 0. The third-order valence-corrected chi connectivity index (χ3v) is 4.02. The fourth-order valence-corrected chi connectivity index (χ4v) is 2.56. The lowest BCUT2D eigenvalue weighted by Crippen LogP contribution is -2.29. The van der Waals surface area contributed by atoms with Gasteiger partial charge in [-0.3, -0.25) is 4.79 Å². The molecule has 0 N–H and O–H groups in total. The first-order valence-electron chi connectivity index (χ1n) is 6.64. The molecule has 1 heterocycles. The first kappa shape index (κ1) is 17.1. The SMILES string of the molecule is C=C1C(=O)C(C)(C)OC1(C)C.Cc1ccc(Br)cc1C. The fraction of sp³-hybridized carbons (Fsp3) is 0.471. The van der Waals surface area contributed by atoms with Crippen molar-refractivity contribution in [2.75, 3.05) is 0 Å². The van der Waals surface area contributed by atoms with Crippen LogP contribution in [0.1, 0.15) is 38.8 Å². The van der Waals surface area contributed by atoms with E-state index in [0.717, 1.165) is 4.47 Å². The van der Waals surface area contributed by atoms with Gasteiger partial charge in [-0.1, -0.05) is 28.6 Å². The van der Waals surface area contributed by atoms with Gasteiger partial charge in [-0.2, -0.15) is 0 Å². The molecule has 0 spiro atoms. The number of Topliss-reactive ketones (excluding diaryl/α,β-unsaturated/α-hetero) is 1. The second-order valence-electron chi connectivity index (χ2n) is 6.16. The molecule has 0 atom stereocenters. The molecule has 1 aromatic rings. The maximum atomic E-state index is 11.4. The summed E-state index contributed by atoms with van der Waals surface area (Å²) >= 11 is 3.40. The summed E-state index contributed by atoms with van der Waals surface area (Å²) in [5.41, 5.74) is 2.09. The van der Waals surface area contributed by atoms with Gasteiger partial charge >= 0.3 is 0 Å². The van der Waals surface area contributed by atoms with E-state index in [-0.39, 0.29) is 5.78 Å². The van der Waals surface area contributed by atoms with Crippen molar-refractivity contribution in [3.05, 3.63) is 46.0 Å². The molecule has 0 saturated carbocycles. The zero-order valence-corrected chi connectivity index (χ0v) is 14.7. The lowest BCUT2D eigenvalue weighted by Gasteiger charge is -2.21. The number of aryl methyl sites for hydroxylation is 2. The van der Waals surface area contributed by atoms with Gasteiger partial charge in [0.05, 0.1) is 5.60 Å². The Bertz CT molecular complexity index is 518. The molecular weight excluding hydrogens is 316 g/mol. The molecule has 0 bridgehead atoms. The highest BCUT2D eigenvalue weighted by molar-refractivity contribution is 9.10. The Morgan fingerprint density at radius 2 is 1.60 bits per heavy atom. The number of hydrogen-bond donors (Lipinski definition) is 0. The van der Waals surface area contributed by atoms with Crippen LogP contribution in [0.25, 0.3) is 0 Å². The second kappa shape index (κ2) is 5.82. The minimum Gasteiger partial charge on any atom is -0.357 e. The zero-order chi connectivity index (χ0) is 15.7. The Kier molecular flexibility index (Phi) is 4.99. The van der Waals surface area contributed by atoms with Crippen molar-refractivity contribution in [2.45, 2.75) is 52.7 Å². The van der Waals surface area contributed by atoms with Crippen LogP contribution in [-0.2, 0) is 9.53 Å². The minimum absolute atomic E-state index is 0.0162. The molecule has 0 unspecified atom stereocenters. The molecule has 110 valence electrons. The lowest BCUT2D eigenvalue weighted by molar-refractivity contribution is -0.132. The average molecular weight is 339 g/mol. The first-order valence-corrected chi connectivity index (χ1v) is 7.44. The zero-order valence-electron chi connectivity index (χ0n) is 13.1. The molecule has 1 aromatic carbocycles. The van der Waals surface area contributed by atoms with Gasteiger partial charge in [0.2, 0.25) is 0 Å². The van der Waals surface area contributed by atoms with Crippen LogP contribution in [-0.4, -0.2) is 17.0 Å². The standard InChI is InChI=1S/C9H14O2.C8H9Br/c1-6-7(10)9(4,5)11-8(6,2)3;1-6-3-4-8(9)5-7(6)2/h1H2,2-5H3;3-5H,1-2H3. The van der Waals surface area contributed by atoms with E-state index in [0.29, 0.717) is 5.57 Å². The Hall–Kier alpha value is -0.930. The van der Waals surface area contributed by atoms with Crippen molar-refractivity contribution in [2.24, 2.45) is 0 Å². The summed E-state index contributed by atoms with van der Waals surface area (Å²) in [5, 5.41) is 0. The Morgan fingerprint density at radius 3 is 1.85 bits per heavy atom. The molecule has 2 rings (SSSR count). The van der Waals surface area contributed by atoms with Gasteiger partial charge in [0.15, 0.2) is 5.78 Å². The van der Waals surface area contributed by atoms with Crippen molar-refractivity contribution in [3.8, 4) is 0 Å². The van der Waals surface area contributed by atoms with Gasteiger partial charge in [-0.25, -0.2) is 0 Å². The average Bonchev–Trinajstić information content (AvgIpc) is 2.44. The summed E-state index contributed by atoms with van der Waals surface area (Å²) < 4.78 is 6.67. The van der Waals surface area contributed by atoms with Gasteiger partial charge in [0.25, 0.3) is 0 Å². The van der Waals surface area contributed by atoms with Crippen LogP contribution in [0.3, 0.4) is 0 Å². The molecule has 0 aliphatic carbocycles. The first-order chi connectivity index (χ1) is 8.97. The fourth-order valence-electron chi connectivity index (χ4n) is 2.09. The number of ketones is 1. The number of carbonyl (C=O) groups is 1. The van der Waals surface area contributed by atoms with Crippen LogP contribution in [0.5, 0.6) is 0 Å². The Morgan fingerprint density at radius 1 is 1.05 bits per heavy atom. The third-order valence-electron chi connectivity index (χ3n) is 3.53. The van der Waals surface area contributed by atoms with E-state index in [9.17, 15) is 4.79 Å². The Labute approximate surface area is 130 Å². The lowest BCUT2D eigenvalue weighted by atomic mass is 9.94. The van der Waals surface area contributed by atoms with E-state index in [1.54, 1.807) is 13.8 Å². The van der Waals surface area contributed by atoms with Crippen LogP contribution in [0, 0.1) is 13.8 Å². The summed E-state index contributed by atoms with van der Waals surface area (Å²) in [6.45, 7) is 15.2. The van der Waals surface area contributed by atoms with Gasteiger partial charge in [-0.05, 0) is 64.8 Å². The Balaban J connectivity index is 0.000000204. The van der Waals surface area contributed by atoms with E-state index >= 15 is 0 Å². The van der Waals surface area contributed by atoms with Crippen LogP contribution in [0.15, 0.2) is 34.8 Å². The van der Waals surface area contributed by atoms with Crippen molar-refractivity contribution < 1.29 is 9.53 Å². The van der Waals surface area contributed by atoms with Crippen LogP contribution >= 0.6 is 15.9 Å². The number of carbonyl (C=O) groups excluding carboxylic acids is 1. The quantitative estimate of drug-likeness (QED) is 0.637. The van der Waals surface area contributed by atoms with Crippen molar-refractivity contribution in [1.82, 2.24) is 0 Å². The predicted molar refractivity (Wildman–Crippen MR) is 87.0 cm³/mol. The van der Waals surface area contributed by atoms with E-state index in [2.05, 4.69) is 54.6 Å². The number of ether oxygens (including phenoxy) is 1. The van der Waals surface area contributed by atoms with E-state index in [4.69, 9.17) is 4.74 Å². The smallest absolute Gasteiger partial charge is 0.192 e. The predicted octanol–water partition coefficient (Wildman–Crippen LogP) is 4.77. The largest absolute Gasteiger partial charge is 0.357 e. The highest BCUT2D eigenvalue weighted by Gasteiger charge is 2.48. The molecule has 20 heavy (non-hydrogen) atoms. The van der Waals surface area contributed by atoms with Crippen molar-refractivity contribution >= 4 is 21.7 Å². The van der Waals surface area contributed by atoms with Gasteiger partial charge < -0.3 is 4.74 Å². The highest BCUT2D eigenvalue weighted by Crippen LogP contribution is 2.37. The van der Waals surface area contributed by atoms with Crippen molar-refractivity contribution in [3.63, 3.8) is 0 Å².